The van der Waals surface area contributed by atoms with Crippen LogP contribution in [0.5, 0.6) is 0 Å². The summed E-state index contributed by atoms with van der Waals surface area (Å²) in [6, 6.07) is 0. The lowest BCUT2D eigenvalue weighted by Crippen LogP contribution is -1.75. The first-order chi connectivity index (χ1) is 3.27. The van der Waals surface area contributed by atoms with Crippen molar-refractivity contribution in [2.75, 3.05) is 11.5 Å². The third kappa shape index (κ3) is 9.36. The van der Waals surface area contributed by atoms with E-state index in [-0.39, 0.29) is 11.3 Å². The first-order valence-corrected chi connectivity index (χ1v) is 3.34. The molecule has 0 aliphatic heterocycles. The molecule has 0 rings (SSSR count). The van der Waals surface area contributed by atoms with E-state index in [9.17, 15) is 4.39 Å². The average molecular weight is 138 g/mol. The van der Waals surface area contributed by atoms with Crippen molar-refractivity contribution >= 4 is 11.8 Å². The largest absolute Gasteiger partial charge is 0.412 e. The lowest BCUT2D eigenvalue weighted by Gasteiger charge is -1.88. The molecule has 0 aliphatic rings. The van der Waals surface area contributed by atoms with Gasteiger partial charge in [-0.15, -0.1) is 0 Å². The van der Waals surface area contributed by atoms with Gasteiger partial charge >= 0.3 is 0 Å². The molecule has 0 saturated heterocycles. The fourth-order valence-electron chi connectivity index (χ4n) is 0.213. The van der Waals surface area contributed by atoms with Crippen molar-refractivity contribution in [2.24, 2.45) is 0 Å². The average Bonchev–Trinajstić information content (AvgIpc) is 1.61. The molecule has 0 bridgehead atoms. The maximum absolute atomic E-state index is 11.7. The normalized spacial score (nSPS) is 7.75. The Bertz CT molecular complexity index is 65.4. The molecule has 8 heavy (non-hydrogen) atoms. The van der Waals surface area contributed by atoms with Gasteiger partial charge in [0, 0.05) is 5.75 Å². The van der Waals surface area contributed by atoms with Crippen LogP contribution in [0.2, 0.25) is 0 Å². The van der Waals surface area contributed by atoms with Gasteiger partial charge in [-0.3, -0.25) is 0 Å². The Morgan fingerprint density at radius 1 is 1.75 bits per heavy atom. The number of halogens is 1. The summed E-state index contributed by atoms with van der Waals surface area (Å²) in [5.74, 6) is 1.19. The quantitative estimate of drug-likeness (QED) is 0.580. The lowest BCUT2D eigenvalue weighted by atomic mass is 10.7. The minimum absolute atomic E-state index is 0. The minimum Gasteiger partial charge on any atom is -0.412 e. The molecular formula is C5H11FOS. The zero-order valence-electron chi connectivity index (χ0n) is 4.91. The number of thioether (sulfide) groups is 1. The van der Waals surface area contributed by atoms with Crippen LogP contribution in [0.25, 0.3) is 0 Å². The van der Waals surface area contributed by atoms with Crippen LogP contribution in [-0.2, 0) is 0 Å². The molecule has 2 N–H and O–H groups in total. The van der Waals surface area contributed by atoms with E-state index in [2.05, 4.69) is 6.58 Å². The topological polar surface area (TPSA) is 31.5 Å². The van der Waals surface area contributed by atoms with Crippen LogP contribution in [0, 0.1) is 0 Å². The highest BCUT2D eigenvalue weighted by molar-refractivity contribution is 7.99. The molecule has 0 spiro atoms. The van der Waals surface area contributed by atoms with E-state index in [1.807, 2.05) is 6.92 Å². The second-order valence-electron chi connectivity index (χ2n) is 1.15. The molecule has 0 saturated carbocycles. The SMILES string of the molecule is C=C(F)CSCC.O. The van der Waals surface area contributed by atoms with E-state index in [4.69, 9.17) is 0 Å². The Morgan fingerprint density at radius 2 is 2.25 bits per heavy atom. The van der Waals surface area contributed by atoms with Gasteiger partial charge in [0.2, 0.25) is 0 Å². The van der Waals surface area contributed by atoms with Crippen LogP contribution in [0.15, 0.2) is 12.4 Å². The predicted molar refractivity (Wildman–Crippen MR) is 36.9 cm³/mol. The molecule has 0 aromatic rings. The van der Waals surface area contributed by atoms with Crippen LogP contribution in [0.1, 0.15) is 6.92 Å². The standard InChI is InChI=1S/C5H9FS.H2O/c1-3-7-4-5(2)6;/h2-4H2,1H3;1H2. The molecule has 0 aromatic carbocycles. The summed E-state index contributed by atoms with van der Waals surface area (Å²) in [6.45, 7) is 5.10. The summed E-state index contributed by atoms with van der Waals surface area (Å²) in [6.07, 6.45) is 0. The molecule has 3 heteroatoms. The van der Waals surface area contributed by atoms with Crippen molar-refractivity contribution < 1.29 is 9.87 Å². The summed E-state index contributed by atoms with van der Waals surface area (Å²) in [7, 11) is 0. The zero-order valence-corrected chi connectivity index (χ0v) is 5.72. The van der Waals surface area contributed by atoms with E-state index in [1.54, 1.807) is 11.8 Å². The lowest BCUT2D eigenvalue weighted by molar-refractivity contribution is 0.649. The van der Waals surface area contributed by atoms with Crippen LogP contribution in [0.4, 0.5) is 4.39 Å². The molecule has 0 amide bonds. The van der Waals surface area contributed by atoms with Gasteiger partial charge in [-0.05, 0) is 5.75 Å². The minimum atomic E-state index is -0.230. The predicted octanol–water partition coefficient (Wildman–Crippen LogP) is 1.40. The first kappa shape index (κ1) is 10.9. The fourth-order valence-corrected chi connectivity index (χ4v) is 0.638. The van der Waals surface area contributed by atoms with Gasteiger partial charge in [-0.25, -0.2) is 4.39 Å². The summed E-state index contributed by atoms with van der Waals surface area (Å²) in [4.78, 5) is 0. The molecule has 0 atom stereocenters. The molecule has 0 fully saturated rings. The van der Waals surface area contributed by atoms with E-state index in [0.29, 0.717) is 5.75 Å². The van der Waals surface area contributed by atoms with Crippen molar-refractivity contribution in [2.45, 2.75) is 6.92 Å². The second-order valence-corrected chi connectivity index (χ2v) is 2.43. The van der Waals surface area contributed by atoms with E-state index in [0.717, 1.165) is 5.75 Å². The molecule has 0 radical (unpaired) electrons. The number of hydrogen-bond acceptors (Lipinski definition) is 1. The number of hydrogen-bond donors (Lipinski definition) is 0. The first-order valence-electron chi connectivity index (χ1n) is 2.18. The van der Waals surface area contributed by atoms with Gasteiger partial charge in [0.1, 0.15) is 5.83 Å². The summed E-state index contributed by atoms with van der Waals surface area (Å²) >= 11 is 1.54. The van der Waals surface area contributed by atoms with Crippen LogP contribution >= 0.6 is 11.8 Å². The zero-order chi connectivity index (χ0) is 5.70. The van der Waals surface area contributed by atoms with Crippen molar-refractivity contribution in [1.29, 1.82) is 0 Å². The molecule has 0 aliphatic carbocycles. The highest BCUT2D eigenvalue weighted by atomic mass is 32.2. The maximum Gasteiger partial charge on any atom is 0.103 e. The van der Waals surface area contributed by atoms with Gasteiger partial charge < -0.3 is 5.48 Å². The second kappa shape index (κ2) is 6.98. The van der Waals surface area contributed by atoms with Crippen LogP contribution in [-0.4, -0.2) is 17.0 Å². The van der Waals surface area contributed by atoms with Gasteiger partial charge in [-0.2, -0.15) is 11.8 Å². The Kier molecular flexibility index (Phi) is 9.49. The van der Waals surface area contributed by atoms with Crippen molar-refractivity contribution in [3.63, 3.8) is 0 Å². The number of rotatable bonds is 3. The van der Waals surface area contributed by atoms with Crippen molar-refractivity contribution in [3.05, 3.63) is 12.4 Å². The third-order valence-electron chi connectivity index (χ3n) is 0.463. The Morgan fingerprint density at radius 3 is 2.38 bits per heavy atom. The Labute approximate surface area is 53.3 Å². The van der Waals surface area contributed by atoms with Crippen molar-refractivity contribution in [3.8, 4) is 0 Å². The van der Waals surface area contributed by atoms with E-state index in [1.165, 1.54) is 0 Å². The van der Waals surface area contributed by atoms with Gasteiger partial charge in [0.05, 0.1) is 0 Å². The van der Waals surface area contributed by atoms with E-state index >= 15 is 0 Å². The molecule has 50 valence electrons. The highest BCUT2D eigenvalue weighted by Crippen LogP contribution is 2.04. The molecule has 0 aromatic heterocycles. The molecule has 0 heterocycles. The summed E-state index contributed by atoms with van der Waals surface area (Å²) in [5.41, 5.74) is 0. The monoisotopic (exact) mass is 138 g/mol. The van der Waals surface area contributed by atoms with Gasteiger partial charge in [0.15, 0.2) is 0 Å². The maximum atomic E-state index is 11.7. The van der Waals surface area contributed by atoms with Gasteiger partial charge in [-0.1, -0.05) is 13.5 Å². The summed E-state index contributed by atoms with van der Waals surface area (Å²) < 4.78 is 11.7. The fraction of sp³-hybridized carbons (Fsp3) is 0.600. The Hall–Kier alpha value is -0.0200. The van der Waals surface area contributed by atoms with Crippen LogP contribution < -0.4 is 0 Å². The molecule has 1 nitrogen and oxygen atoms in total. The highest BCUT2D eigenvalue weighted by Gasteiger charge is 1.85. The smallest absolute Gasteiger partial charge is 0.103 e. The van der Waals surface area contributed by atoms with E-state index < -0.39 is 0 Å². The summed E-state index contributed by atoms with van der Waals surface area (Å²) in [5, 5.41) is 0. The van der Waals surface area contributed by atoms with Crippen molar-refractivity contribution in [1.82, 2.24) is 0 Å². The molecule has 0 unspecified atom stereocenters. The third-order valence-corrected chi connectivity index (χ3v) is 1.39. The van der Waals surface area contributed by atoms with Crippen LogP contribution in [0.3, 0.4) is 0 Å². The molecular weight excluding hydrogens is 127 g/mol. The van der Waals surface area contributed by atoms with Gasteiger partial charge in [0.25, 0.3) is 0 Å². The Balaban J connectivity index is 0.